The van der Waals surface area contributed by atoms with Gasteiger partial charge in [0.25, 0.3) is 0 Å². The molecule has 2 aromatic rings. The Bertz CT molecular complexity index is 2460. The summed E-state index contributed by atoms with van der Waals surface area (Å²) in [6.45, 7) is 15.9. The van der Waals surface area contributed by atoms with Gasteiger partial charge in [0.05, 0.1) is 57.5 Å². The van der Waals surface area contributed by atoms with Gasteiger partial charge < -0.3 is 51.9 Å². The number of hydrogen-bond acceptors (Lipinski definition) is 14. The third-order valence-corrected chi connectivity index (χ3v) is 21.2. The highest BCUT2D eigenvalue weighted by molar-refractivity contribution is 8.00. The third kappa shape index (κ3) is 12.2. The van der Waals surface area contributed by atoms with E-state index in [0.717, 1.165) is 46.8 Å². The van der Waals surface area contributed by atoms with Gasteiger partial charge in [-0.1, -0.05) is 101 Å². The molecule has 0 spiro atoms. The highest BCUT2D eigenvalue weighted by atomic mass is 32.2. The summed E-state index contributed by atoms with van der Waals surface area (Å²) in [5, 5.41) is 22.5. The molecule has 424 valence electrons. The first-order chi connectivity index (χ1) is 37.2. The molecule has 7 aliphatic rings. The molecule has 5 heterocycles. The molecule has 5 saturated heterocycles. The number of piperazine rings is 1. The van der Waals surface area contributed by atoms with Gasteiger partial charge >= 0.3 is 0 Å². The van der Waals surface area contributed by atoms with Crippen molar-refractivity contribution in [3.8, 4) is 0 Å². The summed E-state index contributed by atoms with van der Waals surface area (Å²) in [5.41, 5.74) is 2.93. The Hall–Kier alpha value is -4.22. The molecular formula is C57H81N11O6S4. The minimum absolute atomic E-state index is 0.0979. The van der Waals surface area contributed by atoms with Gasteiger partial charge in [-0.25, -0.2) is 0 Å². The zero-order valence-corrected chi connectivity index (χ0v) is 49.8. The first kappa shape index (κ1) is 58.4. The Kier molecular flexibility index (Phi) is 18.3. The number of thiocarbonyl (C=S) groups is 2. The number of rotatable bonds is 17. The maximum Gasteiger partial charge on any atom is 0.246 e. The number of benzene rings is 2. The van der Waals surface area contributed by atoms with Crippen LogP contribution in [0.3, 0.4) is 0 Å². The first-order valence-corrected chi connectivity index (χ1v) is 31.0. The maximum absolute atomic E-state index is 14.7. The summed E-state index contributed by atoms with van der Waals surface area (Å²) in [6, 6.07) is 12.1. The van der Waals surface area contributed by atoms with Gasteiger partial charge in [-0.3, -0.25) is 33.7 Å². The van der Waals surface area contributed by atoms with Crippen LogP contribution in [-0.2, 0) is 41.6 Å². The van der Waals surface area contributed by atoms with Crippen LogP contribution in [0.1, 0.15) is 108 Å². The number of hydrogen-bond donors (Lipinski definition) is 7. The normalized spacial score (nSPS) is 30.2. The van der Waals surface area contributed by atoms with Gasteiger partial charge in [0.15, 0.2) is 0 Å². The standard InChI is InChI=1S/C57H81N11O6S4/c1-32(58-7)52(75)61-40-18-25-77-43-29-56(3,4)47(67(43)54(40)73)50(71)63-45-36-15-11-9-13-34(36)27-38(45)42(69)17-20-65-21-23-66(24-22-65)31-60-49(70)39-28-35-14-10-12-16-37(35)46(39)64-51(72)48-57(5,6)30-44-68(48)55(74)41(19-26-78-44)62-53(76)33(2)59-8/h9-16,32-33,38-41,43-48,58-59H,17-31H2,1-8H3,(H,60,70)(H,61,75)(H,62,76)(H,63,71)(H,64,72)/t32-,33-,38-,39?,40-,41-,43-,44-,45-,46-,47+,48+/m0/s1. The number of fused-ring (bicyclic) bond motifs is 4. The molecular weight excluding hydrogens is 1060 g/mol. The molecule has 2 aliphatic carbocycles. The zero-order valence-electron chi connectivity index (χ0n) is 46.5. The minimum Gasteiger partial charge on any atom is -0.367 e. The van der Waals surface area contributed by atoms with E-state index in [1.165, 1.54) is 0 Å². The van der Waals surface area contributed by atoms with Gasteiger partial charge in [0.2, 0.25) is 29.5 Å². The second-order valence-corrected chi connectivity index (χ2v) is 27.4. The molecule has 7 N–H and O–H groups in total. The number of amides is 5. The summed E-state index contributed by atoms with van der Waals surface area (Å²) in [5.74, 6) is -0.222. The second-order valence-electron chi connectivity index (χ2n) is 23.9. The van der Waals surface area contributed by atoms with Crippen LogP contribution in [0.5, 0.6) is 0 Å². The number of likely N-dealkylation sites (N-methyl/N-ethyl adjacent to an activating group) is 2. The van der Waals surface area contributed by atoms with E-state index in [-0.39, 0.29) is 58.2 Å². The predicted octanol–water partition coefficient (Wildman–Crippen LogP) is 3.66. The SMILES string of the molecule is CN[C@@H](C)C(=S)N[C@H]1CCS[C@H]2CC(C)(C)[C@@H](C(=O)N[C@H]3c4ccccc4CC3C(=O)NCN3CCN(CCC(=O)[C@@H]4Cc5ccccc5[C@@H]4NC(=O)[C@H]4N5C(=O)[C@@H](NC(=S)[C@H](C)NC)CCS[C@H]5CC4(C)C)CC3)N2C1=O. The smallest absolute Gasteiger partial charge is 0.246 e. The molecule has 21 heteroatoms. The minimum atomic E-state index is -0.732. The van der Waals surface area contributed by atoms with Crippen molar-refractivity contribution in [3.05, 3.63) is 70.8 Å². The molecule has 0 saturated carbocycles. The number of Topliss-reactive ketones (excluding diaryl/α,β-unsaturated/α-hetero) is 1. The largest absolute Gasteiger partial charge is 0.367 e. The van der Waals surface area contributed by atoms with Crippen molar-refractivity contribution in [2.24, 2.45) is 22.7 Å². The van der Waals surface area contributed by atoms with E-state index in [0.29, 0.717) is 81.2 Å². The molecule has 2 aromatic carbocycles. The van der Waals surface area contributed by atoms with Crippen LogP contribution in [0.2, 0.25) is 0 Å². The molecule has 1 unspecified atom stereocenters. The van der Waals surface area contributed by atoms with Crippen LogP contribution in [0.25, 0.3) is 0 Å². The first-order valence-electron chi connectivity index (χ1n) is 28.1. The number of carbonyl (C=O) groups is 6. The fourth-order valence-corrected chi connectivity index (χ4v) is 16.7. The van der Waals surface area contributed by atoms with Crippen LogP contribution in [0.15, 0.2) is 48.5 Å². The summed E-state index contributed by atoms with van der Waals surface area (Å²) < 4.78 is 0. The zero-order chi connectivity index (χ0) is 55.8. The number of nitrogens with zero attached hydrogens (tertiary/aromatic N) is 4. The third-order valence-electron chi connectivity index (χ3n) is 17.8. The Labute approximate surface area is 480 Å². The van der Waals surface area contributed by atoms with Crippen molar-refractivity contribution in [1.29, 1.82) is 0 Å². The summed E-state index contributed by atoms with van der Waals surface area (Å²) in [6.07, 6.45) is 3.91. The molecule has 9 rings (SSSR count). The van der Waals surface area contributed by atoms with Crippen molar-refractivity contribution in [2.45, 2.75) is 146 Å². The Morgan fingerprint density at radius 2 is 1.06 bits per heavy atom. The molecule has 0 aromatic heterocycles. The summed E-state index contributed by atoms with van der Waals surface area (Å²) in [7, 11) is 3.66. The second kappa shape index (κ2) is 24.5. The van der Waals surface area contributed by atoms with Crippen LogP contribution in [-0.4, -0.2) is 177 Å². The van der Waals surface area contributed by atoms with Gasteiger partial charge in [-0.2, -0.15) is 0 Å². The monoisotopic (exact) mass is 1140 g/mol. The highest BCUT2D eigenvalue weighted by Crippen LogP contribution is 2.49. The van der Waals surface area contributed by atoms with Crippen LogP contribution in [0.4, 0.5) is 0 Å². The lowest BCUT2D eigenvalue weighted by Crippen LogP contribution is -2.58. The Balaban J connectivity index is 0.788. The molecule has 17 nitrogen and oxygen atoms in total. The molecule has 12 atom stereocenters. The Morgan fingerprint density at radius 3 is 1.54 bits per heavy atom. The van der Waals surface area contributed by atoms with Crippen molar-refractivity contribution in [1.82, 2.24) is 56.8 Å². The average molecular weight is 1140 g/mol. The predicted molar refractivity (Wildman–Crippen MR) is 316 cm³/mol. The summed E-state index contributed by atoms with van der Waals surface area (Å²) in [4.78, 5) is 96.1. The molecule has 0 bridgehead atoms. The highest BCUT2D eigenvalue weighted by Gasteiger charge is 2.57. The number of nitrogens with one attached hydrogen (secondary N) is 7. The van der Waals surface area contributed by atoms with Crippen molar-refractivity contribution in [3.63, 3.8) is 0 Å². The van der Waals surface area contributed by atoms with E-state index in [1.807, 2.05) is 76.5 Å². The van der Waals surface area contributed by atoms with Crippen LogP contribution < -0.4 is 37.2 Å². The lowest BCUT2D eigenvalue weighted by Gasteiger charge is -2.36. The fraction of sp³-hybridized carbons (Fsp3) is 0.649. The van der Waals surface area contributed by atoms with E-state index >= 15 is 0 Å². The van der Waals surface area contributed by atoms with Gasteiger partial charge in [0.1, 0.15) is 30.0 Å². The molecule has 0 radical (unpaired) electrons. The van der Waals surface area contributed by atoms with Gasteiger partial charge in [-0.05, 0) is 111 Å². The lowest BCUT2D eigenvalue weighted by atomic mass is 9.83. The van der Waals surface area contributed by atoms with E-state index in [9.17, 15) is 28.8 Å². The maximum atomic E-state index is 14.7. The number of carbonyl (C=O) groups excluding carboxylic acids is 6. The van der Waals surface area contributed by atoms with E-state index in [1.54, 1.807) is 33.3 Å². The number of ketones is 1. The molecule has 5 aliphatic heterocycles. The number of thioether (sulfide) groups is 2. The molecule has 5 amide bonds. The van der Waals surface area contributed by atoms with Crippen molar-refractivity contribution in [2.75, 3.05) is 65.0 Å². The van der Waals surface area contributed by atoms with E-state index in [2.05, 4.69) is 74.7 Å². The molecule has 78 heavy (non-hydrogen) atoms. The topological polar surface area (TPSA) is 200 Å². The lowest BCUT2D eigenvalue weighted by molar-refractivity contribution is -0.143. The average Bonchev–Trinajstić information content (AvgIpc) is 4.19. The van der Waals surface area contributed by atoms with Crippen LogP contribution in [0, 0.1) is 22.7 Å². The Morgan fingerprint density at radius 1 is 0.628 bits per heavy atom. The molecule has 5 fully saturated rings. The van der Waals surface area contributed by atoms with Crippen molar-refractivity contribution >= 4 is 93.3 Å². The fourth-order valence-electron chi connectivity index (χ4n) is 13.1. The summed E-state index contributed by atoms with van der Waals surface area (Å²) >= 11 is 14.7. The van der Waals surface area contributed by atoms with E-state index < -0.39 is 58.9 Å². The van der Waals surface area contributed by atoms with Gasteiger partial charge in [-0.15, -0.1) is 23.5 Å². The van der Waals surface area contributed by atoms with Gasteiger partial charge in [0, 0.05) is 45.1 Å². The quantitative estimate of drug-likeness (QED) is 0.113. The van der Waals surface area contributed by atoms with Crippen molar-refractivity contribution < 1.29 is 28.8 Å². The van der Waals surface area contributed by atoms with Crippen LogP contribution >= 0.6 is 48.0 Å². The van der Waals surface area contributed by atoms with E-state index in [4.69, 9.17) is 24.4 Å².